The van der Waals surface area contributed by atoms with E-state index in [-0.39, 0.29) is 27.3 Å². The number of fused-ring (bicyclic) bond motifs is 3. The first-order chi connectivity index (χ1) is 17.9. The van der Waals surface area contributed by atoms with Crippen LogP contribution in [0.4, 0.5) is 5.95 Å². The SMILES string of the molecule is N[C@@H]1c2ccccc2CC12CCN(c1nc3[nH]nc(C4=CNS(=O)(=O)c5ccccc54)c3c(=O)[nH]1)CC2. The number of hydrogen-bond acceptors (Lipinski definition) is 7. The van der Waals surface area contributed by atoms with Gasteiger partial charge in [0, 0.05) is 36.5 Å². The molecule has 5 N–H and O–H groups in total. The standard InChI is InChI=1S/C26H25N7O3S/c27-22-16-6-2-1-5-15(16)13-26(22)9-11-33(12-10-26)25-29-23-20(24(34)30-25)21(31-32-23)18-14-28-37(35,36)19-8-4-3-7-17(18)19/h1-8,14,22,28H,9-13,27H2,(H2,29,30,31,32,34)/t22-/m1/s1. The molecular weight excluding hydrogens is 490 g/mol. The number of aromatic nitrogens is 4. The van der Waals surface area contributed by atoms with Crippen molar-refractivity contribution in [3.8, 4) is 0 Å². The molecule has 188 valence electrons. The van der Waals surface area contributed by atoms with Gasteiger partial charge in [0.2, 0.25) is 5.95 Å². The second-order valence-corrected chi connectivity index (χ2v) is 11.7. The van der Waals surface area contributed by atoms with Gasteiger partial charge in [-0.05, 0) is 41.9 Å². The van der Waals surface area contributed by atoms with Crippen LogP contribution in [0.5, 0.6) is 0 Å². The van der Waals surface area contributed by atoms with Crippen molar-refractivity contribution in [1.29, 1.82) is 0 Å². The maximum Gasteiger partial charge on any atom is 0.264 e. The zero-order chi connectivity index (χ0) is 25.4. The zero-order valence-corrected chi connectivity index (χ0v) is 20.7. The van der Waals surface area contributed by atoms with Gasteiger partial charge in [-0.3, -0.25) is 19.6 Å². The molecule has 2 aliphatic heterocycles. The molecule has 0 bridgehead atoms. The second kappa shape index (κ2) is 7.77. The summed E-state index contributed by atoms with van der Waals surface area (Å²) in [4.78, 5) is 23.1. The third-order valence-electron chi connectivity index (χ3n) is 8.15. The summed E-state index contributed by atoms with van der Waals surface area (Å²) < 4.78 is 27.3. The van der Waals surface area contributed by atoms with Crippen molar-refractivity contribution < 1.29 is 8.42 Å². The van der Waals surface area contributed by atoms with Gasteiger partial charge in [-0.25, -0.2) is 8.42 Å². The summed E-state index contributed by atoms with van der Waals surface area (Å²) >= 11 is 0. The zero-order valence-electron chi connectivity index (χ0n) is 19.9. The molecule has 11 heteroatoms. The van der Waals surface area contributed by atoms with Crippen LogP contribution in [-0.2, 0) is 16.4 Å². The molecule has 0 radical (unpaired) electrons. The Hall–Kier alpha value is -3.96. The number of nitrogens with one attached hydrogen (secondary N) is 3. The van der Waals surface area contributed by atoms with Gasteiger partial charge in [0.25, 0.3) is 15.6 Å². The summed E-state index contributed by atoms with van der Waals surface area (Å²) in [6.45, 7) is 1.47. The maximum absolute atomic E-state index is 13.3. The summed E-state index contributed by atoms with van der Waals surface area (Å²) in [5.41, 5.74) is 10.7. The molecule has 2 aromatic heterocycles. The van der Waals surface area contributed by atoms with Gasteiger partial charge >= 0.3 is 0 Å². The molecule has 0 unspecified atom stereocenters. The summed E-state index contributed by atoms with van der Waals surface area (Å²) in [5, 5.41) is 7.52. The Morgan fingerprint density at radius 1 is 1.05 bits per heavy atom. The Balaban J connectivity index is 1.19. The fourth-order valence-corrected chi connectivity index (χ4v) is 7.26. The minimum atomic E-state index is -3.66. The monoisotopic (exact) mass is 515 g/mol. The van der Waals surface area contributed by atoms with Gasteiger partial charge in [-0.1, -0.05) is 42.5 Å². The highest BCUT2D eigenvalue weighted by molar-refractivity contribution is 7.89. The average molecular weight is 516 g/mol. The number of hydrogen-bond donors (Lipinski definition) is 4. The predicted molar refractivity (Wildman–Crippen MR) is 139 cm³/mol. The Kier molecular flexibility index (Phi) is 4.67. The molecule has 1 aliphatic carbocycles. The highest BCUT2D eigenvalue weighted by Crippen LogP contribution is 2.50. The van der Waals surface area contributed by atoms with Gasteiger partial charge in [0.05, 0.1) is 4.90 Å². The van der Waals surface area contributed by atoms with Crippen LogP contribution in [0.1, 0.15) is 41.3 Å². The van der Waals surface area contributed by atoms with Crippen molar-refractivity contribution in [3.63, 3.8) is 0 Å². The normalized spacial score (nSPS) is 21.4. The van der Waals surface area contributed by atoms with Crippen molar-refractivity contribution >= 4 is 32.6 Å². The van der Waals surface area contributed by atoms with Crippen LogP contribution < -0.4 is 20.9 Å². The lowest BCUT2D eigenvalue weighted by molar-refractivity contribution is 0.187. The molecule has 1 spiro atoms. The minimum Gasteiger partial charge on any atom is -0.342 e. The molecule has 10 nitrogen and oxygen atoms in total. The topological polar surface area (TPSA) is 150 Å². The number of aromatic amines is 2. The van der Waals surface area contributed by atoms with Gasteiger partial charge in [-0.2, -0.15) is 10.1 Å². The van der Waals surface area contributed by atoms with Gasteiger partial charge in [-0.15, -0.1) is 0 Å². The molecule has 4 heterocycles. The fraction of sp³-hybridized carbons (Fsp3) is 0.269. The number of benzene rings is 2. The number of sulfonamides is 1. The third-order valence-corrected chi connectivity index (χ3v) is 9.51. The number of anilines is 1. The number of piperidine rings is 1. The Morgan fingerprint density at radius 2 is 1.81 bits per heavy atom. The molecule has 1 fully saturated rings. The molecule has 2 aromatic carbocycles. The molecule has 1 saturated heterocycles. The molecule has 7 rings (SSSR count). The number of H-pyrrole nitrogens is 2. The van der Waals surface area contributed by atoms with Crippen molar-refractivity contribution in [2.24, 2.45) is 11.1 Å². The fourth-order valence-electron chi connectivity index (χ4n) is 6.14. The highest BCUT2D eigenvalue weighted by atomic mass is 32.2. The van der Waals surface area contributed by atoms with E-state index in [0.717, 1.165) is 32.4 Å². The highest BCUT2D eigenvalue weighted by Gasteiger charge is 2.46. The molecule has 37 heavy (non-hydrogen) atoms. The lowest BCUT2D eigenvalue weighted by Gasteiger charge is -2.42. The van der Waals surface area contributed by atoms with E-state index in [0.29, 0.717) is 28.4 Å². The van der Waals surface area contributed by atoms with E-state index >= 15 is 0 Å². The Bertz CT molecular complexity index is 1760. The first-order valence-electron chi connectivity index (χ1n) is 12.3. The molecule has 0 saturated carbocycles. The first kappa shape index (κ1) is 22.3. The molecule has 1 atom stereocenters. The van der Waals surface area contributed by atoms with Crippen LogP contribution in [0.3, 0.4) is 0 Å². The largest absolute Gasteiger partial charge is 0.342 e. The lowest BCUT2D eigenvalue weighted by atomic mass is 9.73. The number of nitrogens with two attached hydrogens (primary N) is 1. The van der Waals surface area contributed by atoms with Crippen LogP contribution in [0.15, 0.2) is 64.4 Å². The lowest BCUT2D eigenvalue weighted by Crippen LogP contribution is -2.45. The van der Waals surface area contributed by atoms with Crippen LogP contribution in [0.25, 0.3) is 16.6 Å². The Morgan fingerprint density at radius 3 is 2.62 bits per heavy atom. The van der Waals surface area contributed by atoms with Crippen LogP contribution >= 0.6 is 0 Å². The van der Waals surface area contributed by atoms with E-state index in [2.05, 4.69) is 48.0 Å². The number of rotatable bonds is 2. The summed E-state index contributed by atoms with van der Waals surface area (Å²) in [5.74, 6) is 0.491. The van der Waals surface area contributed by atoms with Crippen molar-refractivity contribution in [1.82, 2.24) is 24.9 Å². The van der Waals surface area contributed by atoms with Crippen LogP contribution in [-0.4, -0.2) is 41.7 Å². The molecular formula is C26H25N7O3S. The van der Waals surface area contributed by atoms with Crippen LogP contribution in [0, 0.1) is 5.41 Å². The maximum atomic E-state index is 13.3. The van der Waals surface area contributed by atoms with E-state index in [1.165, 1.54) is 23.4 Å². The molecule has 4 aromatic rings. The minimum absolute atomic E-state index is 0.0135. The smallest absolute Gasteiger partial charge is 0.264 e. The van der Waals surface area contributed by atoms with E-state index in [1.54, 1.807) is 18.2 Å². The summed E-state index contributed by atoms with van der Waals surface area (Å²) in [6.07, 6.45) is 4.16. The van der Waals surface area contributed by atoms with Gasteiger partial charge < -0.3 is 10.6 Å². The van der Waals surface area contributed by atoms with E-state index < -0.39 is 10.0 Å². The van der Waals surface area contributed by atoms with E-state index in [1.807, 2.05) is 6.07 Å². The Labute approximate surface area is 212 Å². The van der Waals surface area contributed by atoms with Gasteiger partial charge in [0.1, 0.15) is 11.1 Å². The van der Waals surface area contributed by atoms with Crippen molar-refractivity contribution in [3.05, 3.63) is 87.5 Å². The summed E-state index contributed by atoms with van der Waals surface area (Å²) in [7, 11) is -3.66. The quantitative estimate of drug-likeness (QED) is 0.320. The predicted octanol–water partition coefficient (Wildman–Crippen LogP) is 2.17. The van der Waals surface area contributed by atoms with Crippen molar-refractivity contribution in [2.45, 2.75) is 30.2 Å². The average Bonchev–Trinajstić information content (AvgIpc) is 3.44. The molecule has 3 aliphatic rings. The van der Waals surface area contributed by atoms with Gasteiger partial charge in [0.15, 0.2) is 5.65 Å². The summed E-state index contributed by atoms with van der Waals surface area (Å²) in [6, 6.07) is 15.1. The van der Waals surface area contributed by atoms with E-state index in [9.17, 15) is 13.2 Å². The van der Waals surface area contributed by atoms with Crippen LogP contribution in [0.2, 0.25) is 0 Å². The second-order valence-electron chi connectivity index (χ2n) is 10.1. The molecule has 0 amide bonds. The number of nitrogens with zero attached hydrogens (tertiary/aromatic N) is 3. The third kappa shape index (κ3) is 3.27. The van der Waals surface area contributed by atoms with Crippen molar-refractivity contribution in [2.75, 3.05) is 18.0 Å². The first-order valence-corrected chi connectivity index (χ1v) is 13.7. The van der Waals surface area contributed by atoms with E-state index in [4.69, 9.17) is 5.73 Å².